The van der Waals surface area contributed by atoms with Gasteiger partial charge in [-0.05, 0) is 25.2 Å². The van der Waals surface area contributed by atoms with Gasteiger partial charge in [0.15, 0.2) is 0 Å². The summed E-state index contributed by atoms with van der Waals surface area (Å²) in [6, 6.07) is -0.323. The Balaban J connectivity index is 1.98. The molecule has 15 heavy (non-hydrogen) atoms. The normalized spacial score (nSPS) is 19.1. The molecule has 0 aliphatic heterocycles. The van der Waals surface area contributed by atoms with Crippen LogP contribution < -0.4 is 11.1 Å². The second-order valence-corrected chi connectivity index (χ2v) is 4.60. The van der Waals surface area contributed by atoms with Crippen molar-refractivity contribution in [3.8, 4) is 0 Å². The summed E-state index contributed by atoms with van der Waals surface area (Å²) in [6.45, 7) is 2.73. The molecule has 0 radical (unpaired) electrons. The number of nitrogens with one attached hydrogen (secondary N) is 1. The highest BCUT2D eigenvalue weighted by molar-refractivity contribution is 5.81. The van der Waals surface area contributed by atoms with Crippen LogP contribution in [0.4, 0.5) is 0 Å². The van der Waals surface area contributed by atoms with Crippen molar-refractivity contribution in [3.05, 3.63) is 0 Å². The smallest absolute Gasteiger partial charge is 0.236 e. The molecule has 1 amide bonds. The standard InChI is InChI=1S/C12H24N2O/c1-2-11(13)12(15)14-9-5-8-10-6-3-4-7-10/h10-11H,2-9,13H2,1H3,(H,14,15). The summed E-state index contributed by atoms with van der Waals surface area (Å²) in [5, 5.41) is 2.89. The zero-order valence-corrected chi connectivity index (χ0v) is 9.80. The Morgan fingerprint density at radius 1 is 1.47 bits per heavy atom. The number of hydrogen-bond acceptors (Lipinski definition) is 2. The molecule has 1 aliphatic carbocycles. The molecule has 3 N–H and O–H groups in total. The summed E-state index contributed by atoms with van der Waals surface area (Å²) in [4.78, 5) is 11.3. The SMILES string of the molecule is CCC(N)C(=O)NCCCC1CCCC1. The molecule has 0 saturated heterocycles. The van der Waals surface area contributed by atoms with Gasteiger partial charge in [-0.15, -0.1) is 0 Å². The molecule has 0 heterocycles. The monoisotopic (exact) mass is 212 g/mol. The lowest BCUT2D eigenvalue weighted by Gasteiger charge is -2.11. The van der Waals surface area contributed by atoms with Crippen molar-refractivity contribution in [3.63, 3.8) is 0 Å². The summed E-state index contributed by atoms with van der Waals surface area (Å²) in [5.41, 5.74) is 5.61. The second-order valence-electron chi connectivity index (χ2n) is 4.60. The van der Waals surface area contributed by atoms with E-state index in [1.807, 2.05) is 6.92 Å². The molecule has 1 saturated carbocycles. The molecule has 1 rings (SSSR count). The van der Waals surface area contributed by atoms with E-state index in [1.54, 1.807) is 0 Å². The van der Waals surface area contributed by atoms with Gasteiger partial charge >= 0.3 is 0 Å². The first kappa shape index (κ1) is 12.5. The summed E-state index contributed by atoms with van der Waals surface area (Å²) in [7, 11) is 0. The van der Waals surface area contributed by atoms with Crippen molar-refractivity contribution in [1.29, 1.82) is 0 Å². The van der Waals surface area contributed by atoms with Crippen molar-refractivity contribution >= 4 is 5.91 Å². The first-order valence-corrected chi connectivity index (χ1v) is 6.27. The van der Waals surface area contributed by atoms with Crippen LogP contribution in [0.5, 0.6) is 0 Å². The van der Waals surface area contributed by atoms with Crippen molar-refractivity contribution < 1.29 is 4.79 Å². The van der Waals surface area contributed by atoms with Gasteiger partial charge in [0.25, 0.3) is 0 Å². The first-order valence-electron chi connectivity index (χ1n) is 6.27. The predicted molar refractivity (Wildman–Crippen MR) is 62.5 cm³/mol. The zero-order chi connectivity index (χ0) is 11.1. The zero-order valence-electron chi connectivity index (χ0n) is 9.80. The molecule has 0 bridgehead atoms. The van der Waals surface area contributed by atoms with Gasteiger partial charge in [-0.2, -0.15) is 0 Å². The molecule has 0 aromatic carbocycles. The molecule has 1 fully saturated rings. The Morgan fingerprint density at radius 2 is 2.13 bits per heavy atom. The number of hydrogen-bond donors (Lipinski definition) is 2. The third-order valence-corrected chi connectivity index (χ3v) is 3.34. The van der Waals surface area contributed by atoms with Crippen molar-refractivity contribution in [1.82, 2.24) is 5.32 Å². The van der Waals surface area contributed by atoms with E-state index in [4.69, 9.17) is 5.73 Å². The Labute approximate surface area is 92.8 Å². The van der Waals surface area contributed by atoms with Crippen LogP contribution in [-0.2, 0) is 4.79 Å². The fraction of sp³-hybridized carbons (Fsp3) is 0.917. The number of nitrogens with two attached hydrogens (primary N) is 1. The van der Waals surface area contributed by atoms with Crippen molar-refractivity contribution in [2.24, 2.45) is 11.7 Å². The minimum absolute atomic E-state index is 0.00363. The number of amides is 1. The molecule has 88 valence electrons. The molecule has 1 aliphatic rings. The summed E-state index contributed by atoms with van der Waals surface area (Å²) >= 11 is 0. The Kier molecular flexibility index (Phi) is 5.69. The number of rotatable bonds is 6. The van der Waals surface area contributed by atoms with Crippen molar-refractivity contribution in [2.45, 2.75) is 57.9 Å². The van der Waals surface area contributed by atoms with Gasteiger partial charge in [0, 0.05) is 6.54 Å². The van der Waals surface area contributed by atoms with Crippen LogP contribution in [-0.4, -0.2) is 18.5 Å². The second kappa shape index (κ2) is 6.83. The largest absolute Gasteiger partial charge is 0.355 e. The maximum absolute atomic E-state index is 11.3. The Bertz CT molecular complexity index is 188. The summed E-state index contributed by atoms with van der Waals surface area (Å²) in [5.74, 6) is 0.922. The van der Waals surface area contributed by atoms with Crippen LogP contribution in [0.15, 0.2) is 0 Å². The van der Waals surface area contributed by atoms with Crippen LogP contribution in [0.25, 0.3) is 0 Å². The topological polar surface area (TPSA) is 55.1 Å². The lowest BCUT2D eigenvalue weighted by Crippen LogP contribution is -2.40. The third kappa shape index (κ3) is 4.65. The minimum atomic E-state index is -0.323. The quantitative estimate of drug-likeness (QED) is 0.660. The maximum Gasteiger partial charge on any atom is 0.236 e. The van der Waals surface area contributed by atoms with E-state index in [9.17, 15) is 4.79 Å². The van der Waals surface area contributed by atoms with E-state index < -0.39 is 0 Å². The highest BCUT2D eigenvalue weighted by Crippen LogP contribution is 2.28. The molecule has 0 aromatic rings. The van der Waals surface area contributed by atoms with Crippen LogP contribution in [0.2, 0.25) is 0 Å². The van der Waals surface area contributed by atoms with E-state index >= 15 is 0 Å². The third-order valence-electron chi connectivity index (χ3n) is 3.34. The van der Waals surface area contributed by atoms with Crippen LogP contribution in [0.1, 0.15) is 51.9 Å². The van der Waals surface area contributed by atoms with Crippen LogP contribution >= 0.6 is 0 Å². The first-order chi connectivity index (χ1) is 7.24. The summed E-state index contributed by atoms with van der Waals surface area (Å²) in [6.07, 6.45) is 8.67. The van der Waals surface area contributed by atoms with Crippen LogP contribution in [0.3, 0.4) is 0 Å². The number of carbonyl (C=O) groups is 1. The lowest BCUT2D eigenvalue weighted by atomic mass is 10.0. The molecule has 1 atom stereocenters. The van der Waals surface area contributed by atoms with Gasteiger partial charge < -0.3 is 11.1 Å². The van der Waals surface area contributed by atoms with Crippen LogP contribution in [0, 0.1) is 5.92 Å². The average Bonchev–Trinajstić information content (AvgIpc) is 2.75. The molecular weight excluding hydrogens is 188 g/mol. The van der Waals surface area contributed by atoms with Gasteiger partial charge in [-0.25, -0.2) is 0 Å². The molecule has 0 aromatic heterocycles. The predicted octanol–water partition coefficient (Wildman–Crippen LogP) is 1.81. The van der Waals surface area contributed by atoms with Crippen molar-refractivity contribution in [2.75, 3.05) is 6.54 Å². The Hall–Kier alpha value is -0.570. The fourth-order valence-electron chi connectivity index (χ4n) is 2.22. The molecule has 0 spiro atoms. The van der Waals surface area contributed by atoms with Gasteiger partial charge in [0.2, 0.25) is 5.91 Å². The Morgan fingerprint density at radius 3 is 2.73 bits per heavy atom. The number of carbonyl (C=O) groups excluding carboxylic acids is 1. The maximum atomic E-state index is 11.3. The van der Waals surface area contributed by atoms with E-state index in [2.05, 4.69) is 5.32 Å². The fourth-order valence-corrected chi connectivity index (χ4v) is 2.22. The van der Waals surface area contributed by atoms with E-state index in [0.29, 0.717) is 6.42 Å². The van der Waals surface area contributed by atoms with E-state index in [-0.39, 0.29) is 11.9 Å². The highest BCUT2D eigenvalue weighted by atomic mass is 16.2. The molecule has 3 nitrogen and oxygen atoms in total. The van der Waals surface area contributed by atoms with Gasteiger partial charge in [0.1, 0.15) is 0 Å². The van der Waals surface area contributed by atoms with Gasteiger partial charge in [-0.1, -0.05) is 32.6 Å². The summed E-state index contributed by atoms with van der Waals surface area (Å²) < 4.78 is 0. The molecule has 3 heteroatoms. The lowest BCUT2D eigenvalue weighted by molar-refractivity contribution is -0.122. The average molecular weight is 212 g/mol. The molecule has 1 unspecified atom stereocenters. The van der Waals surface area contributed by atoms with Gasteiger partial charge in [0.05, 0.1) is 6.04 Å². The van der Waals surface area contributed by atoms with Gasteiger partial charge in [-0.3, -0.25) is 4.79 Å². The molecular formula is C12H24N2O. The minimum Gasteiger partial charge on any atom is -0.355 e. The highest BCUT2D eigenvalue weighted by Gasteiger charge is 2.14. The van der Waals surface area contributed by atoms with E-state index in [0.717, 1.165) is 18.9 Å². The van der Waals surface area contributed by atoms with E-state index in [1.165, 1.54) is 32.1 Å².